The summed E-state index contributed by atoms with van der Waals surface area (Å²) in [4.78, 5) is 61.6. The highest BCUT2D eigenvalue weighted by Gasteiger charge is 2.76. The lowest BCUT2D eigenvalue weighted by Crippen LogP contribution is -2.64. The van der Waals surface area contributed by atoms with E-state index in [-0.39, 0.29) is 65.1 Å². The van der Waals surface area contributed by atoms with Gasteiger partial charge >= 0.3 is 13.8 Å². The highest BCUT2D eigenvalue weighted by Crippen LogP contribution is 2.70. The molecule has 0 bridgehead atoms. The van der Waals surface area contributed by atoms with Crippen LogP contribution >= 0.6 is 7.82 Å². The van der Waals surface area contributed by atoms with Crippen LogP contribution < -0.4 is 9.84 Å². The minimum atomic E-state index is -4.99. The van der Waals surface area contributed by atoms with Crippen LogP contribution in [0.15, 0.2) is 72.3 Å². The zero-order chi connectivity index (χ0) is 53.4. The molecule has 0 spiro atoms. The number of nitrogens with one attached hydrogen (secondary N) is 1. The van der Waals surface area contributed by atoms with Crippen molar-refractivity contribution in [1.29, 1.82) is 0 Å². The fourth-order valence-corrected chi connectivity index (χ4v) is 14.9. The minimum absolute atomic E-state index is 0.0294. The molecule has 414 valence electrons. The number of hydrogen-bond acceptors (Lipinski definition) is 12. The first kappa shape index (κ1) is 57.6. The molecule has 5 aliphatic carbocycles. The summed E-state index contributed by atoms with van der Waals surface area (Å²) >= 11 is 0. The van der Waals surface area contributed by atoms with E-state index >= 15 is 4.79 Å². The number of benzene rings is 2. The van der Waals surface area contributed by atoms with Crippen LogP contribution in [0.3, 0.4) is 0 Å². The SMILES string of the molecule is CC[N+](CC)(CC(=O)OCC(=O)[C@@]12O[C@H](C3CCCCC3)O[C@@H]1CC1C3CCC4=CC(=O)C=C[C@]4(C)C3C(O)C[C@@]12C)Cc1cc([C@H](O)CNCCCCCCOCCCCc2ccccc2)ccc1OP(=O)(O)O. The molecule has 8 rings (SSSR count). The lowest BCUT2D eigenvalue weighted by molar-refractivity contribution is -0.931. The topological polar surface area (TPSA) is 207 Å². The Balaban J connectivity index is 0.879. The standard InChI is InChI=1S/C59H85N2O13P/c1-5-61(6-2,38-44-33-43(24-27-51(44)74-75(67,68)69)50(64)37-60-30-16-7-8-17-31-70-32-18-15-21-41-19-11-9-12-20-41)39-54(66)71-40-52(65)59-53(72-56(73-59)42-22-13-10-14-23-42)35-48-47-26-25-45-34-46(62)28-29-57(45,3)55(47)49(63)36-58(48,59)4/h9,11-12,19-20,24,27-29,33-34,42,47-50,53,55-56,60,63-64H,5-8,10,13-18,21-23,25-26,30-32,35-40H2,1-4H3,(H-,67,68,69)/p+1/t47?,48?,49?,50-,53-,55?,56-,57+,58+,59-/m1/s1. The van der Waals surface area contributed by atoms with Gasteiger partial charge in [0.05, 0.1) is 31.4 Å². The van der Waals surface area contributed by atoms with Crippen LogP contribution in [-0.2, 0) is 50.9 Å². The van der Waals surface area contributed by atoms with E-state index in [9.17, 15) is 34.2 Å². The maximum atomic E-state index is 15.2. The van der Waals surface area contributed by atoms with Gasteiger partial charge in [-0.2, -0.15) is 0 Å². The molecule has 0 aromatic heterocycles. The lowest BCUT2D eigenvalue weighted by Gasteiger charge is -2.59. The quantitative estimate of drug-likeness (QED) is 0.0245. The molecule has 4 unspecified atom stereocenters. The number of aliphatic hydroxyl groups excluding tert-OH is 2. The monoisotopic (exact) mass is 1060 g/mol. The van der Waals surface area contributed by atoms with Gasteiger partial charge in [0.25, 0.3) is 0 Å². The van der Waals surface area contributed by atoms with Crippen molar-refractivity contribution in [2.75, 3.05) is 52.5 Å². The number of allylic oxidation sites excluding steroid dienone is 4. The fraction of sp³-hybridized carbons (Fsp3) is 0.678. The molecule has 1 heterocycles. The Kier molecular flexibility index (Phi) is 19.2. The van der Waals surface area contributed by atoms with Crippen molar-refractivity contribution in [2.24, 2.45) is 34.5 Å². The molecule has 10 atom stereocenters. The predicted molar refractivity (Wildman–Crippen MR) is 284 cm³/mol. The van der Waals surface area contributed by atoms with Crippen molar-refractivity contribution in [2.45, 2.75) is 167 Å². The zero-order valence-corrected chi connectivity index (χ0v) is 45.9. The van der Waals surface area contributed by atoms with E-state index in [2.05, 4.69) is 43.4 Å². The summed E-state index contributed by atoms with van der Waals surface area (Å²) in [5.74, 6) is -1.09. The molecule has 1 aliphatic heterocycles. The maximum absolute atomic E-state index is 15.2. The minimum Gasteiger partial charge on any atom is -0.453 e. The van der Waals surface area contributed by atoms with Crippen LogP contribution in [0.25, 0.3) is 0 Å². The van der Waals surface area contributed by atoms with Gasteiger partial charge in [0.1, 0.15) is 12.3 Å². The number of quaternary nitrogens is 1. The third kappa shape index (κ3) is 13.0. The number of rotatable bonds is 27. The van der Waals surface area contributed by atoms with Crippen molar-refractivity contribution in [3.63, 3.8) is 0 Å². The van der Waals surface area contributed by atoms with Gasteiger partial charge in [0.15, 0.2) is 30.8 Å². The number of esters is 1. The summed E-state index contributed by atoms with van der Waals surface area (Å²) in [5.41, 5.74) is 0.570. The summed E-state index contributed by atoms with van der Waals surface area (Å²) in [6, 6.07) is 15.2. The number of hydrogen-bond donors (Lipinski definition) is 5. The van der Waals surface area contributed by atoms with Gasteiger partial charge in [-0.1, -0.05) is 94.0 Å². The number of carbonyl (C=O) groups is 3. The number of nitrogens with zero attached hydrogens (tertiary/aromatic N) is 1. The molecule has 5 N–H and O–H groups in total. The van der Waals surface area contributed by atoms with Crippen LogP contribution in [0.2, 0.25) is 0 Å². The number of aliphatic hydroxyl groups is 2. The van der Waals surface area contributed by atoms with Crippen LogP contribution in [0.4, 0.5) is 0 Å². The Morgan fingerprint density at radius 3 is 2.41 bits per heavy atom. The van der Waals surface area contributed by atoms with Gasteiger partial charge in [0.2, 0.25) is 5.78 Å². The van der Waals surface area contributed by atoms with E-state index in [1.54, 1.807) is 24.3 Å². The van der Waals surface area contributed by atoms with Crippen LogP contribution in [0, 0.1) is 34.5 Å². The number of fused-ring (bicyclic) bond motifs is 7. The molecule has 4 saturated carbocycles. The second-order valence-electron chi connectivity index (χ2n) is 23.2. The lowest BCUT2D eigenvalue weighted by atomic mass is 9.46. The molecular formula is C59H86N2O13P+. The highest BCUT2D eigenvalue weighted by molar-refractivity contribution is 7.46. The maximum Gasteiger partial charge on any atom is 0.524 e. The number of phosphoric acid groups is 1. The molecule has 75 heavy (non-hydrogen) atoms. The van der Waals surface area contributed by atoms with E-state index in [4.69, 9.17) is 23.5 Å². The fourth-order valence-electron chi connectivity index (χ4n) is 14.5. The van der Waals surface area contributed by atoms with Crippen molar-refractivity contribution >= 4 is 25.4 Å². The first-order chi connectivity index (χ1) is 35.9. The number of carbonyl (C=O) groups excluding carboxylic acids is 3. The third-order valence-corrected chi connectivity index (χ3v) is 19.1. The van der Waals surface area contributed by atoms with E-state index < -0.39 is 61.4 Å². The van der Waals surface area contributed by atoms with Crippen molar-refractivity contribution in [3.05, 3.63) is 89.0 Å². The van der Waals surface area contributed by atoms with Crippen molar-refractivity contribution < 1.29 is 66.9 Å². The Hall–Kier alpha value is -3.60. The summed E-state index contributed by atoms with van der Waals surface area (Å²) in [6.07, 6.45) is 17.2. The van der Waals surface area contributed by atoms with Gasteiger partial charge < -0.3 is 43.5 Å². The molecule has 15 nitrogen and oxygen atoms in total. The molecule has 6 aliphatic rings. The van der Waals surface area contributed by atoms with E-state index in [1.807, 2.05) is 26.0 Å². The molecule has 2 aromatic carbocycles. The number of ketones is 2. The second kappa shape index (κ2) is 25.0. The van der Waals surface area contributed by atoms with E-state index in [0.29, 0.717) is 43.6 Å². The summed E-state index contributed by atoms with van der Waals surface area (Å²) in [5, 5.41) is 26.9. The van der Waals surface area contributed by atoms with Gasteiger partial charge in [-0.05, 0) is 138 Å². The predicted octanol–water partition coefficient (Wildman–Crippen LogP) is 8.80. The van der Waals surface area contributed by atoms with Crippen LogP contribution in [0.5, 0.6) is 5.75 Å². The summed E-state index contributed by atoms with van der Waals surface area (Å²) in [7, 11) is -4.99. The Morgan fingerprint density at radius 1 is 0.947 bits per heavy atom. The van der Waals surface area contributed by atoms with Gasteiger partial charge in [0, 0.05) is 48.0 Å². The number of Topliss-reactive ketones (excluding diaryl/α,β-unsaturated/α-hetero) is 1. The third-order valence-electron chi connectivity index (χ3n) is 18.6. The summed E-state index contributed by atoms with van der Waals surface area (Å²) in [6.45, 7) is 10.8. The second-order valence-corrected chi connectivity index (χ2v) is 24.4. The molecule has 0 amide bonds. The molecule has 16 heteroatoms. The number of phosphoric ester groups is 1. The number of ether oxygens (including phenoxy) is 4. The zero-order valence-electron chi connectivity index (χ0n) is 45.0. The Labute approximate surface area is 445 Å². The van der Waals surface area contributed by atoms with Gasteiger partial charge in [-0.25, -0.2) is 9.36 Å². The molecule has 0 radical (unpaired) electrons. The molecule has 5 fully saturated rings. The van der Waals surface area contributed by atoms with Crippen molar-refractivity contribution in [1.82, 2.24) is 5.32 Å². The van der Waals surface area contributed by atoms with Crippen LogP contribution in [-0.4, -0.2) is 119 Å². The van der Waals surface area contributed by atoms with E-state index in [0.717, 1.165) is 109 Å². The van der Waals surface area contributed by atoms with Crippen LogP contribution in [0.1, 0.15) is 147 Å². The summed E-state index contributed by atoms with van der Waals surface area (Å²) < 4.78 is 43.3. The molecule has 1 saturated heterocycles. The van der Waals surface area contributed by atoms with Gasteiger partial charge in [-0.15, -0.1) is 0 Å². The number of likely N-dealkylation sites (N-methyl/N-ethyl adjacent to an activating group) is 1. The molecular weight excluding hydrogens is 976 g/mol. The average molecular weight is 1060 g/mol. The van der Waals surface area contributed by atoms with Gasteiger partial charge in [-0.3, -0.25) is 19.4 Å². The van der Waals surface area contributed by atoms with Crippen molar-refractivity contribution in [3.8, 4) is 5.75 Å². The highest BCUT2D eigenvalue weighted by atomic mass is 31.2. The first-order valence-electron chi connectivity index (χ1n) is 28.3. The largest absolute Gasteiger partial charge is 0.524 e. The Bertz CT molecular complexity index is 2380. The Morgan fingerprint density at radius 2 is 1.68 bits per heavy atom. The number of unbranched alkanes of at least 4 members (excludes halogenated alkanes) is 4. The number of aryl methyl sites for hydroxylation is 1. The normalized spacial score (nSPS) is 30.0. The first-order valence-corrected chi connectivity index (χ1v) is 29.8. The average Bonchev–Trinajstić information content (AvgIpc) is 3.90. The smallest absolute Gasteiger partial charge is 0.453 e. The van der Waals surface area contributed by atoms with E-state index in [1.165, 1.54) is 11.6 Å². The molecule has 2 aromatic rings.